The van der Waals surface area contributed by atoms with Crippen LogP contribution in [0.25, 0.3) is 0 Å². The number of hydrogen-bond donors (Lipinski definition) is 1. The van der Waals surface area contributed by atoms with Crippen molar-refractivity contribution < 1.29 is 19.2 Å². The Hall–Kier alpha value is -4.40. The van der Waals surface area contributed by atoms with Gasteiger partial charge < -0.3 is 20.3 Å². The van der Waals surface area contributed by atoms with Crippen LogP contribution in [-0.2, 0) is 6.61 Å². The summed E-state index contributed by atoms with van der Waals surface area (Å²) in [6.45, 7) is 2.55. The Bertz CT molecular complexity index is 1200. The van der Waals surface area contributed by atoms with E-state index in [-0.39, 0.29) is 18.2 Å². The van der Waals surface area contributed by atoms with Crippen molar-refractivity contribution >= 4 is 23.2 Å². The molecule has 3 aromatic rings. The maximum absolute atomic E-state index is 13.1. The number of carbonyl (C=O) groups is 2. The SMILES string of the molecule is NC(=O)c1ccccc1OCc1cccc(C(=O)N2CCN(c3ccc([N+](=O)[O-])cc3)CC2)c1. The minimum Gasteiger partial charge on any atom is -0.488 e. The van der Waals surface area contributed by atoms with Crippen LogP contribution in [0.3, 0.4) is 0 Å². The molecule has 0 spiro atoms. The Morgan fingerprint density at radius 1 is 0.941 bits per heavy atom. The van der Waals surface area contributed by atoms with Gasteiger partial charge in [-0.2, -0.15) is 0 Å². The maximum atomic E-state index is 13.1. The van der Waals surface area contributed by atoms with Gasteiger partial charge in [0, 0.05) is 49.6 Å². The lowest BCUT2D eigenvalue weighted by atomic mass is 10.1. The van der Waals surface area contributed by atoms with Gasteiger partial charge in [-0.25, -0.2) is 0 Å². The molecule has 0 radical (unpaired) electrons. The number of anilines is 1. The topological polar surface area (TPSA) is 119 Å². The predicted molar refractivity (Wildman–Crippen MR) is 127 cm³/mol. The van der Waals surface area contributed by atoms with Crippen molar-refractivity contribution in [3.63, 3.8) is 0 Å². The zero-order valence-corrected chi connectivity index (χ0v) is 18.4. The zero-order chi connectivity index (χ0) is 24.1. The van der Waals surface area contributed by atoms with E-state index >= 15 is 0 Å². The molecule has 0 aliphatic carbocycles. The van der Waals surface area contributed by atoms with E-state index in [0.717, 1.165) is 11.3 Å². The van der Waals surface area contributed by atoms with E-state index in [4.69, 9.17) is 10.5 Å². The van der Waals surface area contributed by atoms with Crippen LogP contribution in [0.4, 0.5) is 11.4 Å². The number of rotatable bonds is 7. The smallest absolute Gasteiger partial charge is 0.269 e. The predicted octanol–water partition coefficient (Wildman–Crippen LogP) is 3.24. The van der Waals surface area contributed by atoms with Crippen molar-refractivity contribution in [1.29, 1.82) is 0 Å². The number of nitro groups is 1. The highest BCUT2D eigenvalue weighted by atomic mass is 16.6. The molecule has 1 aliphatic rings. The Kier molecular flexibility index (Phi) is 6.72. The van der Waals surface area contributed by atoms with Crippen LogP contribution in [0, 0.1) is 10.1 Å². The number of ether oxygens (including phenoxy) is 1. The number of benzene rings is 3. The average Bonchev–Trinajstić information content (AvgIpc) is 2.87. The van der Waals surface area contributed by atoms with Crippen LogP contribution in [0.2, 0.25) is 0 Å². The number of amides is 2. The van der Waals surface area contributed by atoms with Gasteiger partial charge in [-0.1, -0.05) is 24.3 Å². The Morgan fingerprint density at radius 3 is 2.32 bits per heavy atom. The number of nitrogens with zero attached hydrogens (tertiary/aromatic N) is 3. The van der Waals surface area contributed by atoms with Gasteiger partial charge in [-0.3, -0.25) is 19.7 Å². The molecule has 1 aliphatic heterocycles. The highest BCUT2D eigenvalue weighted by molar-refractivity contribution is 5.95. The highest BCUT2D eigenvalue weighted by Crippen LogP contribution is 2.22. The van der Waals surface area contributed by atoms with Gasteiger partial charge in [0.2, 0.25) is 0 Å². The standard InChI is InChI=1S/C25H24N4O5/c26-24(30)22-6-1-2-7-23(22)34-17-18-4-3-5-19(16-18)25(31)28-14-12-27(13-15-28)20-8-10-21(11-9-20)29(32)33/h1-11,16H,12-15,17H2,(H2,26,30). The summed E-state index contributed by atoms with van der Waals surface area (Å²) < 4.78 is 5.78. The Labute approximate surface area is 196 Å². The molecule has 0 bridgehead atoms. The van der Waals surface area contributed by atoms with E-state index in [1.54, 1.807) is 59.5 Å². The normalized spacial score (nSPS) is 13.4. The van der Waals surface area contributed by atoms with E-state index in [0.29, 0.717) is 43.1 Å². The van der Waals surface area contributed by atoms with Crippen LogP contribution < -0.4 is 15.4 Å². The minimum atomic E-state index is -0.563. The van der Waals surface area contributed by atoms with Crippen molar-refractivity contribution in [2.45, 2.75) is 6.61 Å². The summed E-state index contributed by atoms with van der Waals surface area (Å²) in [4.78, 5) is 39.0. The van der Waals surface area contributed by atoms with Gasteiger partial charge in [0.25, 0.3) is 17.5 Å². The van der Waals surface area contributed by atoms with E-state index in [1.165, 1.54) is 12.1 Å². The lowest BCUT2D eigenvalue weighted by Gasteiger charge is -2.36. The molecule has 4 rings (SSSR count). The second-order valence-corrected chi connectivity index (χ2v) is 7.90. The summed E-state index contributed by atoms with van der Waals surface area (Å²) in [5, 5.41) is 10.8. The number of para-hydroxylation sites is 1. The molecule has 2 amide bonds. The van der Waals surface area contributed by atoms with Gasteiger partial charge in [0.15, 0.2) is 0 Å². The Balaban J connectivity index is 1.36. The number of piperazine rings is 1. The molecular formula is C25H24N4O5. The first kappa shape index (κ1) is 22.8. The largest absolute Gasteiger partial charge is 0.488 e. The molecule has 0 saturated carbocycles. The van der Waals surface area contributed by atoms with Crippen molar-refractivity contribution in [3.8, 4) is 5.75 Å². The second-order valence-electron chi connectivity index (χ2n) is 7.90. The fraction of sp³-hybridized carbons (Fsp3) is 0.200. The fourth-order valence-electron chi connectivity index (χ4n) is 3.89. The van der Waals surface area contributed by atoms with E-state index < -0.39 is 10.8 Å². The first-order valence-electron chi connectivity index (χ1n) is 10.8. The quantitative estimate of drug-likeness (QED) is 0.427. The number of nitro benzene ring substituents is 1. The molecule has 1 heterocycles. The average molecular weight is 460 g/mol. The monoisotopic (exact) mass is 460 g/mol. The van der Waals surface area contributed by atoms with Crippen LogP contribution in [-0.4, -0.2) is 47.8 Å². The number of hydrogen-bond acceptors (Lipinski definition) is 6. The van der Waals surface area contributed by atoms with Crippen LogP contribution in [0.5, 0.6) is 5.75 Å². The maximum Gasteiger partial charge on any atom is 0.269 e. The molecule has 1 fully saturated rings. The second kappa shape index (κ2) is 10.0. The zero-order valence-electron chi connectivity index (χ0n) is 18.4. The number of carbonyl (C=O) groups excluding carboxylic acids is 2. The summed E-state index contributed by atoms with van der Waals surface area (Å²) >= 11 is 0. The van der Waals surface area contributed by atoms with Crippen molar-refractivity contribution in [1.82, 2.24) is 4.90 Å². The molecule has 0 atom stereocenters. The minimum absolute atomic E-state index is 0.0551. The molecule has 0 unspecified atom stereocenters. The van der Waals surface area contributed by atoms with Crippen molar-refractivity contribution in [2.24, 2.45) is 5.73 Å². The molecule has 1 saturated heterocycles. The van der Waals surface area contributed by atoms with Gasteiger partial charge in [0.05, 0.1) is 10.5 Å². The molecular weight excluding hydrogens is 436 g/mol. The summed E-state index contributed by atoms with van der Waals surface area (Å²) in [7, 11) is 0. The highest BCUT2D eigenvalue weighted by Gasteiger charge is 2.23. The number of nitrogens with two attached hydrogens (primary N) is 1. The molecule has 3 aromatic carbocycles. The third-order valence-corrected chi connectivity index (χ3v) is 5.71. The summed E-state index contributed by atoms with van der Waals surface area (Å²) in [5.74, 6) is -0.232. The summed E-state index contributed by atoms with van der Waals surface area (Å²) in [5.41, 5.74) is 8.02. The fourth-order valence-corrected chi connectivity index (χ4v) is 3.89. The third kappa shape index (κ3) is 5.15. The van der Waals surface area contributed by atoms with E-state index in [2.05, 4.69) is 4.90 Å². The third-order valence-electron chi connectivity index (χ3n) is 5.71. The van der Waals surface area contributed by atoms with E-state index in [1.807, 2.05) is 6.07 Å². The molecule has 9 heteroatoms. The number of non-ortho nitro benzene ring substituents is 1. The summed E-state index contributed by atoms with van der Waals surface area (Å²) in [6.07, 6.45) is 0. The molecule has 34 heavy (non-hydrogen) atoms. The van der Waals surface area contributed by atoms with Crippen molar-refractivity contribution in [3.05, 3.63) is 99.6 Å². The Morgan fingerprint density at radius 2 is 1.65 bits per heavy atom. The van der Waals surface area contributed by atoms with Gasteiger partial charge >= 0.3 is 0 Å². The van der Waals surface area contributed by atoms with Crippen LogP contribution in [0.1, 0.15) is 26.3 Å². The van der Waals surface area contributed by atoms with Crippen LogP contribution in [0.15, 0.2) is 72.8 Å². The first-order valence-corrected chi connectivity index (χ1v) is 10.8. The van der Waals surface area contributed by atoms with Gasteiger partial charge in [-0.05, 0) is 42.0 Å². The molecule has 9 nitrogen and oxygen atoms in total. The van der Waals surface area contributed by atoms with Crippen molar-refractivity contribution in [2.75, 3.05) is 31.1 Å². The van der Waals surface area contributed by atoms with Gasteiger partial charge in [-0.15, -0.1) is 0 Å². The van der Waals surface area contributed by atoms with Crippen LogP contribution >= 0.6 is 0 Å². The summed E-state index contributed by atoms with van der Waals surface area (Å²) in [6, 6.07) is 20.4. The molecule has 174 valence electrons. The molecule has 0 aromatic heterocycles. The first-order chi connectivity index (χ1) is 16.4. The molecule has 2 N–H and O–H groups in total. The van der Waals surface area contributed by atoms with E-state index in [9.17, 15) is 19.7 Å². The lowest BCUT2D eigenvalue weighted by Crippen LogP contribution is -2.48. The number of primary amides is 1. The van der Waals surface area contributed by atoms with Gasteiger partial charge in [0.1, 0.15) is 12.4 Å². The lowest BCUT2D eigenvalue weighted by molar-refractivity contribution is -0.384.